The second-order valence-electron chi connectivity index (χ2n) is 4.19. The summed E-state index contributed by atoms with van der Waals surface area (Å²) in [6.07, 6.45) is 3.55. The topological polar surface area (TPSA) is 84.0 Å². The van der Waals surface area contributed by atoms with Crippen LogP contribution in [0.1, 0.15) is 18.2 Å². The number of nitrogens with zero attached hydrogens (tertiary/aromatic N) is 2. The minimum Gasteiger partial charge on any atom is -0.354 e. The van der Waals surface area contributed by atoms with Gasteiger partial charge in [-0.15, -0.1) is 11.3 Å². The van der Waals surface area contributed by atoms with Gasteiger partial charge in [0.15, 0.2) is 0 Å². The van der Waals surface area contributed by atoms with E-state index in [2.05, 4.69) is 35.9 Å². The highest BCUT2D eigenvalue weighted by Crippen LogP contribution is 2.22. The summed E-state index contributed by atoms with van der Waals surface area (Å²) in [6.45, 7) is 3.01. The second kappa shape index (κ2) is 7.30. The van der Waals surface area contributed by atoms with Gasteiger partial charge in [-0.05, 0) is 33.8 Å². The lowest BCUT2D eigenvalue weighted by Crippen LogP contribution is -2.23. The maximum Gasteiger partial charge on any atom is 0.243 e. The Kier molecular flexibility index (Phi) is 5.68. The molecule has 0 atom stereocenters. The highest BCUT2D eigenvalue weighted by Gasteiger charge is 2.16. The van der Waals surface area contributed by atoms with Crippen molar-refractivity contribution >= 4 is 43.2 Å². The third kappa shape index (κ3) is 4.47. The molecule has 0 spiro atoms. The van der Waals surface area contributed by atoms with Gasteiger partial charge in [0.1, 0.15) is 4.90 Å². The molecular formula is C12H15BrN4O2S2. The van der Waals surface area contributed by atoms with E-state index in [0.717, 1.165) is 22.3 Å². The van der Waals surface area contributed by atoms with Crippen molar-refractivity contribution in [1.29, 1.82) is 0 Å². The second-order valence-corrected chi connectivity index (χ2v) is 7.81. The summed E-state index contributed by atoms with van der Waals surface area (Å²) in [5.74, 6) is 0.428. The van der Waals surface area contributed by atoms with Crippen LogP contribution in [0.15, 0.2) is 33.2 Å². The lowest BCUT2D eigenvalue weighted by atomic mass is 10.5. The third-order valence-electron chi connectivity index (χ3n) is 2.59. The smallest absolute Gasteiger partial charge is 0.243 e. The lowest BCUT2D eigenvalue weighted by molar-refractivity contribution is 0.581. The van der Waals surface area contributed by atoms with E-state index in [1.54, 1.807) is 0 Å². The van der Waals surface area contributed by atoms with Crippen molar-refractivity contribution in [2.75, 3.05) is 11.9 Å². The number of sulfonamides is 1. The molecule has 0 radical (unpaired) electrons. The van der Waals surface area contributed by atoms with Crippen LogP contribution in [0.4, 0.5) is 5.95 Å². The molecule has 9 heteroatoms. The number of halogens is 1. The zero-order valence-corrected chi connectivity index (χ0v) is 14.6. The monoisotopic (exact) mass is 390 g/mol. The normalized spacial score (nSPS) is 11.5. The predicted molar refractivity (Wildman–Crippen MR) is 86.9 cm³/mol. The van der Waals surface area contributed by atoms with Gasteiger partial charge in [0.25, 0.3) is 0 Å². The molecule has 0 aliphatic carbocycles. The van der Waals surface area contributed by atoms with E-state index in [9.17, 15) is 8.42 Å². The Labute approximate surface area is 136 Å². The van der Waals surface area contributed by atoms with Gasteiger partial charge in [-0.3, -0.25) is 0 Å². The van der Waals surface area contributed by atoms with Crippen LogP contribution in [-0.2, 0) is 16.6 Å². The Morgan fingerprint density at radius 3 is 2.62 bits per heavy atom. The van der Waals surface area contributed by atoms with E-state index in [-0.39, 0.29) is 11.4 Å². The summed E-state index contributed by atoms with van der Waals surface area (Å²) < 4.78 is 27.7. The molecule has 6 nitrogen and oxygen atoms in total. The van der Waals surface area contributed by atoms with E-state index < -0.39 is 10.0 Å². The fraction of sp³-hybridized carbons (Fsp3) is 0.333. The molecule has 0 aliphatic heterocycles. The van der Waals surface area contributed by atoms with Crippen molar-refractivity contribution in [3.8, 4) is 0 Å². The molecule has 0 fully saturated rings. The van der Waals surface area contributed by atoms with Gasteiger partial charge >= 0.3 is 0 Å². The predicted octanol–water partition coefficient (Wildman–Crippen LogP) is 2.60. The zero-order valence-electron chi connectivity index (χ0n) is 11.3. The number of anilines is 1. The molecule has 0 amide bonds. The number of aromatic nitrogens is 2. The highest BCUT2D eigenvalue weighted by molar-refractivity contribution is 9.10. The van der Waals surface area contributed by atoms with Gasteiger partial charge in [-0.2, -0.15) is 0 Å². The van der Waals surface area contributed by atoms with Gasteiger partial charge < -0.3 is 5.32 Å². The van der Waals surface area contributed by atoms with Crippen LogP contribution in [0.25, 0.3) is 0 Å². The maximum absolute atomic E-state index is 12.1. The average molecular weight is 391 g/mol. The molecule has 2 aromatic rings. The van der Waals surface area contributed by atoms with Crippen molar-refractivity contribution in [2.45, 2.75) is 24.8 Å². The first-order valence-corrected chi connectivity index (χ1v) is 9.46. The zero-order chi connectivity index (χ0) is 15.3. The summed E-state index contributed by atoms with van der Waals surface area (Å²) >= 11 is 4.85. The minimum absolute atomic E-state index is 0.0530. The van der Waals surface area contributed by atoms with E-state index in [1.807, 2.05) is 18.4 Å². The van der Waals surface area contributed by atoms with Gasteiger partial charge in [0.2, 0.25) is 16.0 Å². The fourth-order valence-electron chi connectivity index (χ4n) is 1.48. The van der Waals surface area contributed by atoms with Crippen LogP contribution < -0.4 is 10.0 Å². The standard InChI is InChI=1S/C12H15BrN4O2S2/c1-2-4-14-12-15-6-9(7-16-12)21(18,19)17-8-11-10(13)3-5-20-11/h3,5-7,17H,2,4,8H2,1H3,(H,14,15,16). The number of thiophene rings is 1. The SMILES string of the molecule is CCCNc1ncc(S(=O)(=O)NCc2sccc2Br)cn1. The molecule has 21 heavy (non-hydrogen) atoms. The van der Waals surface area contributed by atoms with Gasteiger partial charge in [-0.1, -0.05) is 6.92 Å². The summed E-state index contributed by atoms with van der Waals surface area (Å²) in [4.78, 5) is 8.96. The van der Waals surface area contributed by atoms with Crippen LogP contribution in [0, 0.1) is 0 Å². The molecule has 0 unspecified atom stereocenters. The first-order valence-electron chi connectivity index (χ1n) is 6.30. The number of nitrogens with one attached hydrogen (secondary N) is 2. The van der Waals surface area contributed by atoms with Crippen LogP contribution >= 0.6 is 27.3 Å². The minimum atomic E-state index is -3.61. The molecule has 2 rings (SSSR count). The summed E-state index contributed by atoms with van der Waals surface area (Å²) in [5, 5.41) is 4.89. The molecule has 0 aromatic carbocycles. The van der Waals surface area contributed by atoms with E-state index in [4.69, 9.17) is 0 Å². The van der Waals surface area contributed by atoms with Gasteiger partial charge in [0, 0.05) is 22.4 Å². The highest BCUT2D eigenvalue weighted by atomic mass is 79.9. The maximum atomic E-state index is 12.1. The molecule has 0 aliphatic rings. The summed E-state index contributed by atoms with van der Waals surface area (Å²) in [6, 6.07) is 1.88. The first-order chi connectivity index (χ1) is 10.0. The molecule has 2 aromatic heterocycles. The number of hydrogen-bond donors (Lipinski definition) is 2. The molecular weight excluding hydrogens is 376 g/mol. The van der Waals surface area contributed by atoms with Crippen LogP contribution in [-0.4, -0.2) is 24.9 Å². The van der Waals surface area contributed by atoms with Crippen LogP contribution in [0.2, 0.25) is 0 Å². The molecule has 0 saturated heterocycles. The number of rotatable bonds is 7. The van der Waals surface area contributed by atoms with Gasteiger partial charge in [-0.25, -0.2) is 23.1 Å². The molecule has 2 N–H and O–H groups in total. The van der Waals surface area contributed by atoms with Gasteiger partial charge in [0.05, 0.1) is 12.4 Å². The van der Waals surface area contributed by atoms with Crippen molar-refractivity contribution in [3.63, 3.8) is 0 Å². The van der Waals surface area contributed by atoms with Crippen molar-refractivity contribution in [3.05, 3.63) is 33.2 Å². The van der Waals surface area contributed by atoms with E-state index in [1.165, 1.54) is 23.7 Å². The van der Waals surface area contributed by atoms with E-state index >= 15 is 0 Å². The molecule has 114 valence electrons. The summed E-state index contributed by atoms with van der Waals surface area (Å²) in [5.41, 5.74) is 0. The molecule has 2 heterocycles. The molecule has 0 saturated carbocycles. The first kappa shape index (κ1) is 16.3. The lowest BCUT2D eigenvalue weighted by Gasteiger charge is -2.07. The fourth-order valence-corrected chi connectivity index (χ4v) is 3.89. The Hall–Kier alpha value is -1.03. The largest absolute Gasteiger partial charge is 0.354 e. The van der Waals surface area contributed by atoms with Crippen molar-refractivity contribution < 1.29 is 8.42 Å². The average Bonchev–Trinajstić information content (AvgIpc) is 2.89. The van der Waals surface area contributed by atoms with Crippen molar-refractivity contribution in [1.82, 2.24) is 14.7 Å². The Morgan fingerprint density at radius 1 is 1.33 bits per heavy atom. The number of hydrogen-bond acceptors (Lipinski definition) is 6. The Bertz CT molecular complexity index is 686. The van der Waals surface area contributed by atoms with Crippen LogP contribution in [0.3, 0.4) is 0 Å². The third-order valence-corrected chi connectivity index (χ3v) is 5.87. The quantitative estimate of drug-likeness (QED) is 0.758. The molecule has 0 bridgehead atoms. The Balaban J connectivity index is 2.03. The van der Waals surface area contributed by atoms with E-state index in [0.29, 0.717) is 5.95 Å². The van der Waals surface area contributed by atoms with Crippen molar-refractivity contribution in [2.24, 2.45) is 0 Å². The summed E-state index contributed by atoms with van der Waals surface area (Å²) in [7, 11) is -3.61. The van der Waals surface area contributed by atoms with Crippen LogP contribution in [0.5, 0.6) is 0 Å². The Morgan fingerprint density at radius 2 is 2.05 bits per heavy atom.